The molecule has 128 valence electrons. The largest absolute Gasteiger partial charge is 0.493 e. The summed E-state index contributed by atoms with van der Waals surface area (Å²) in [6.45, 7) is 0.320. The van der Waals surface area contributed by atoms with Crippen molar-refractivity contribution in [2.24, 2.45) is 0 Å². The van der Waals surface area contributed by atoms with Gasteiger partial charge < -0.3 is 10.1 Å². The summed E-state index contributed by atoms with van der Waals surface area (Å²) in [5, 5.41) is 15.2. The lowest BCUT2D eigenvalue weighted by Crippen LogP contribution is -2.47. The van der Waals surface area contributed by atoms with Gasteiger partial charge in [-0.15, -0.1) is 0 Å². The minimum atomic E-state index is -1.13. The van der Waals surface area contributed by atoms with Crippen molar-refractivity contribution >= 4 is 28.3 Å². The molecule has 1 atom stereocenters. The van der Waals surface area contributed by atoms with Crippen molar-refractivity contribution < 1.29 is 19.2 Å². The molecule has 1 N–H and O–H groups in total. The Morgan fingerprint density at radius 1 is 1.36 bits per heavy atom. The van der Waals surface area contributed by atoms with Crippen LogP contribution in [0.2, 0.25) is 0 Å². The number of para-hydroxylation sites is 1. The fourth-order valence-corrected chi connectivity index (χ4v) is 3.96. The van der Waals surface area contributed by atoms with Crippen LogP contribution < -0.4 is 10.1 Å². The van der Waals surface area contributed by atoms with Crippen LogP contribution in [0.15, 0.2) is 35.7 Å². The van der Waals surface area contributed by atoms with Crippen LogP contribution >= 0.6 is 11.3 Å². The topological polar surface area (TPSA) is 102 Å². The minimum absolute atomic E-state index is 0.000218. The Kier molecular flexibility index (Phi) is 3.46. The van der Waals surface area contributed by atoms with E-state index in [0.717, 1.165) is 16.2 Å². The normalized spacial score (nSPS) is 21.8. The Morgan fingerprint density at radius 2 is 2.16 bits per heavy atom. The molecule has 0 bridgehead atoms. The number of hydrogen-bond acceptors (Lipinski definition) is 6. The van der Waals surface area contributed by atoms with Gasteiger partial charge in [0.25, 0.3) is 5.91 Å². The summed E-state index contributed by atoms with van der Waals surface area (Å²) < 4.78 is 5.58. The number of nitrogens with one attached hydrogen (secondary N) is 1. The average molecular weight is 359 g/mol. The molecule has 3 heterocycles. The molecular weight excluding hydrogens is 346 g/mol. The van der Waals surface area contributed by atoms with Crippen LogP contribution in [0.1, 0.15) is 17.5 Å². The maximum atomic E-state index is 13.1. The van der Waals surface area contributed by atoms with Gasteiger partial charge in [0.1, 0.15) is 5.75 Å². The summed E-state index contributed by atoms with van der Waals surface area (Å²) >= 11 is 0.970. The third kappa shape index (κ3) is 2.35. The van der Waals surface area contributed by atoms with Gasteiger partial charge in [0, 0.05) is 23.4 Å². The van der Waals surface area contributed by atoms with Gasteiger partial charge in [0.15, 0.2) is 5.54 Å². The predicted molar refractivity (Wildman–Crippen MR) is 88.3 cm³/mol. The van der Waals surface area contributed by atoms with E-state index in [-0.39, 0.29) is 17.5 Å². The van der Waals surface area contributed by atoms with E-state index < -0.39 is 16.5 Å². The smallest absolute Gasteiger partial charge is 0.325 e. The van der Waals surface area contributed by atoms with E-state index >= 15 is 0 Å². The monoisotopic (exact) mass is 359 g/mol. The Balaban J connectivity index is 1.66. The molecule has 0 saturated carbocycles. The fourth-order valence-electron chi connectivity index (χ4n) is 3.24. The summed E-state index contributed by atoms with van der Waals surface area (Å²) in [6.07, 6.45) is 0.342. The molecule has 1 aromatic carbocycles. The molecule has 1 unspecified atom stereocenters. The number of benzene rings is 1. The summed E-state index contributed by atoms with van der Waals surface area (Å²) in [5.74, 6) is 0.220. The van der Waals surface area contributed by atoms with Crippen molar-refractivity contribution in [1.29, 1.82) is 0 Å². The number of hydrogen-bond donors (Lipinski definition) is 1. The quantitative estimate of drug-likeness (QED) is 0.515. The van der Waals surface area contributed by atoms with Gasteiger partial charge in [-0.25, -0.2) is 4.79 Å². The molecular formula is C16H13N3O5S. The maximum Gasteiger partial charge on any atom is 0.325 e. The highest BCUT2D eigenvalue weighted by molar-refractivity contribution is 7.13. The zero-order valence-electron chi connectivity index (χ0n) is 12.9. The van der Waals surface area contributed by atoms with Gasteiger partial charge in [0.05, 0.1) is 18.1 Å². The molecule has 0 radical (unpaired) electrons. The first-order valence-electron chi connectivity index (χ1n) is 7.59. The second-order valence-corrected chi connectivity index (χ2v) is 6.76. The first-order valence-corrected chi connectivity index (χ1v) is 8.47. The van der Waals surface area contributed by atoms with Gasteiger partial charge in [-0.05, 0) is 11.6 Å². The van der Waals surface area contributed by atoms with Crippen molar-refractivity contribution in [3.8, 4) is 5.75 Å². The van der Waals surface area contributed by atoms with Crippen molar-refractivity contribution in [2.75, 3.05) is 6.61 Å². The third-order valence-electron chi connectivity index (χ3n) is 4.42. The van der Waals surface area contributed by atoms with Gasteiger partial charge >= 0.3 is 11.0 Å². The summed E-state index contributed by atoms with van der Waals surface area (Å²) in [7, 11) is 0. The average Bonchev–Trinajstić information content (AvgIpc) is 3.16. The lowest BCUT2D eigenvalue weighted by molar-refractivity contribution is -0.380. The van der Waals surface area contributed by atoms with E-state index in [1.165, 1.54) is 6.07 Å². The Hall–Kier alpha value is -2.94. The number of nitro groups is 1. The highest BCUT2D eigenvalue weighted by Crippen LogP contribution is 2.41. The van der Waals surface area contributed by atoms with E-state index in [2.05, 4.69) is 5.32 Å². The molecule has 0 aliphatic carbocycles. The van der Waals surface area contributed by atoms with E-state index in [1.54, 1.807) is 29.6 Å². The molecule has 2 aliphatic rings. The van der Waals surface area contributed by atoms with E-state index in [1.807, 2.05) is 0 Å². The van der Waals surface area contributed by atoms with Crippen LogP contribution in [-0.2, 0) is 16.9 Å². The van der Waals surface area contributed by atoms with Crippen LogP contribution in [0.25, 0.3) is 0 Å². The number of ether oxygens (including phenoxy) is 1. The zero-order valence-corrected chi connectivity index (χ0v) is 13.7. The molecule has 3 amide bonds. The second kappa shape index (κ2) is 5.55. The summed E-state index contributed by atoms with van der Waals surface area (Å²) in [4.78, 5) is 36.9. The van der Waals surface area contributed by atoms with Gasteiger partial charge in [-0.2, -0.15) is 0 Å². The van der Waals surface area contributed by atoms with E-state index in [9.17, 15) is 19.7 Å². The Bertz CT molecular complexity index is 895. The van der Waals surface area contributed by atoms with E-state index in [4.69, 9.17) is 4.74 Å². The molecule has 25 heavy (non-hydrogen) atoms. The molecule has 9 heteroatoms. The number of carbonyl (C=O) groups excluding carboxylic acids is 2. The van der Waals surface area contributed by atoms with E-state index in [0.29, 0.717) is 29.9 Å². The molecule has 8 nitrogen and oxygen atoms in total. The van der Waals surface area contributed by atoms with Gasteiger partial charge in [-0.3, -0.25) is 19.8 Å². The molecule has 4 rings (SSSR count). The number of amides is 3. The van der Waals surface area contributed by atoms with Crippen LogP contribution in [0.4, 0.5) is 9.80 Å². The molecule has 1 fully saturated rings. The first-order chi connectivity index (χ1) is 12.0. The number of imide groups is 1. The van der Waals surface area contributed by atoms with Crippen molar-refractivity contribution in [3.05, 3.63) is 57.0 Å². The van der Waals surface area contributed by atoms with Crippen LogP contribution in [0.5, 0.6) is 5.75 Å². The lowest BCUT2D eigenvalue weighted by Gasteiger charge is -2.33. The number of nitrogens with zero attached hydrogens (tertiary/aromatic N) is 2. The van der Waals surface area contributed by atoms with Gasteiger partial charge in [-0.1, -0.05) is 29.5 Å². The third-order valence-corrected chi connectivity index (χ3v) is 5.35. The fraction of sp³-hybridized carbons (Fsp3) is 0.250. The molecule has 2 aliphatic heterocycles. The van der Waals surface area contributed by atoms with Crippen LogP contribution in [-0.4, -0.2) is 28.4 Å². The predicted octanol–water partition coefficient (Wildman–Crippen LogP) is 2.39. The SMILES string of the molecule is O=C1NC2(CCOc3ccccc32)C(=O)N1Cc1csc([N+](=O)[O-])c1. The van der Waals surface area contributed by atoms with Crippen molar-refractivity contribution in [2.45, 2.75) is 18.5 Å². The molecule has 1 spiro atoms. The zero-order chi connectivity index (χ0) is 17.6. The summed E-state index contributed by atoms with van der Waals surface area (Å²) in [6, 6.07) is 8.01. The number of carbonyl (C=O) groups is 2. The maximum absolute atomic E-state index is 13.1. The second-order valence-electron chi connectivity index (χ2n) is 5.87. The standard InChI is InChI=1S/C16H13N3O5S/c20-14-16(5-6-24-12-4-2-1-3-11(12)16)17-15(21)18(14)8-10-7-13(19(22)23)25-9-10/h1-4,7,9H,5-6,8H2,(H,17,21). The summed E-state index contributed by atoms with van der Waals surface area (Å²) in [5.41, 5.74) is 0.0597. The number of fused-ring (bicyclic) bond motifs is 2. The Labute approximate surface area is 146 Å². The van der Waals surface area contributed by atoms with Gasteiger partial charge in [0.2, 0.25) is 0 Å². The number of urea groups is 1. The first kappa shape index (κ1) is 15.6. The molecule has 1 saturated heterocycles. The number of rotatable bonds is 3. The van der Waals surface area contributed by atoms with Crippen LogP contribution in [0, 0.1) is 10.1 Å². The number of thiophene rings is 1. The minimum Gasteiger partial charge on any atom is -0.493 e. The van der Waals surface area contributed by atoms with Crippen LogP contribution in [0.3, 0.4) is 0 Å². The highest BCUT2D eigenvalue weighted by atomic mass is 32.1. The lowest BCUT2D eigenvalue weighted by atomic mass is 9.84. The van der Waals surface area contributed by atoms with Crippen molar-refractivity contribution in [1.82, 2.24) is 10.2 Å². The Morgan fingerprint density at radius 3 is 2.92 bits per heavy atom. The molecule has 2 aromatic rings. The van der Waals surface area contributed by atoms with Crippen molar-refractivity contribution in [3.63, 3.8) is 0 Å². The molecule has 1 aromatic heterocycles. The highest BCUT2D eigenvalue weighted by Gasteiger charge is 2.54.